The number of aliphatic hydroxyl groups is 1. The molecule has 0 aromatic carbocycles. The largest absolute Gasteiger partial charge is 0.436 e. The maximum atomic E-state index is 13.1. The Kier molecular flexibility index (Phi) is 4.89. The van der Waals surface area contributed by atoms with E-state index in [1.165, 1.54) is 0 Å². The first-order valence-electron chi connectivity index (χ1n) is 6.31. The molecule has 2 heterocycles. The molecule has 1 aliphatic rings. The highest BCUT2D eigenvalue weighted by Gasteiger charge is 2.54. The van der Waals surface area contributed by atoms with E-state index in [-0.39, 0.29) is 5.01 Å². The van der Waals surface area contributed by atoms with Gasteiger partial charge < -0.3 is 5.11 Å². The summed E-state index contributed by atoms with van der Waals surface area (Å²) in [7, 11) is 0.905. The van der Waals surface area contributed by atoms with Gasteiger partial charge in [0.25, 0.3) is 18.8 Å². The molecule has 0 spiro atoms. The molecule has 140 valence electrons. The summed E-state index contributed by atoms with van der Waals surface area (Å²) >= 11 is 2.49. The molecule has 1 aromatic rings. The van der Waals surface area contributed by atoms with Gasteiger partial charge in [0.05, 0.1) is 4.47 Å². The minimum atomic E-state index is -4.98. The van der Waals surface area contributed by atoms with Crippen molar-refractivity contribution >= 4 is 27.5 Å². The van der Waals surface area contributed by atoms with Crippen LogP contribution in [0.15, 0.2) is 9.57 Å². The molecular formula is C11H8BrF7N4O2. The van der Waals surface area contributed by atoms with Gasteiger partial charge in [-0.15, -0.1) is 0 Å². The Bertz CT molecular complexity index is 733. The first-order valence-corrected chi connectivity index (χ1v) is 7.10. The molecule has 6 nitrogen and oxygen atoms in total. The zero-order valence-electron chi connectivity index (χ0n) is 12.0. The molecule has 1 atom stereocenters. The number of hydrogen-bond acceptors (Lipinski definition) is 4. The second kappa shape index (κ2) is 6.23. The molecule has 25 heavy (non-hydrogen) atoms. The van der Waals surface area contributed by atoms with Crippen LogP contribution in [0.5, 0.6) is 0 Å². The number of alkyl halides is 7. The molecule has 0 radical (unpaired) electrons. The zero-order valence-corrected chi connectivity index (χ0v) is 13.6. The highest BCUT2D eigenvalue weighted by atomic mass is 79.9. The summed E-state index contributed by atoms with van der Waals surface area (Å²) in [6.07, 6.45) is -13.4. The van der Waals surface area contributed by atoms with E-state index >= 15 is 0 Å². The predicted molar refractivity (Wildman–Crippen MR) is 71.1 cm³/mol. The number of nitrogens with zero attached hydrogens (tertiary/aromatic N) is 4. The molecule has 1 amide bonds. The Balaban J connectivity index is 2.54. The van der Waals surface area contributed by atoms with Gasteiger partial charge in [0.1, 0.15) is 11.4 Å². The second-order valence-electron chi connectivity index (χ2n) is 5.00. The van der Waals surface area contributed by atoms with Gasteiger partial charge in [-0.25, -0.2) is 17.6 Å². The van der Waals surface area contributed by atoms with Crippen LogP contribution >= 0.6 is 15.9 Å². The summed E-state index contributed by atoms with van der Waals surface area (Å²) in [5.41, 5.74) is -7.04. The van der Waals surface area contributed by atoms with Crippen molar-refractivity contribution in [3.05, 3.63) is 15.9 Å². The van der Waals surface area contributed by atoms with E-state index in [0.29, 0.717) is 4.68 Å². The van der Waals surface area contributed by atoms with Crippen molar-refractivity contribution in [1.82, 2.24) is 14.8 Å². The van der Waals surface area contributed by atoms with E-state index in [4.69, 9.17) is 0 Å². The fraction of sp³-hybridized carbons (Fsp3) is 0.545. The molecule has 0 saturated heterocycles. The Labute approximate surface area is 143 Å². The van der Waals surface area contributed by atoms with Gasteiger partial charge in [0, 0.05) is 13.5 Å². The molecule has 1 aliphatic heterocycles. The van der Waals surface area contributed by atoms with E-state index in [2.05, 4.69) is 26.1 Å². The lowest BCUT2D eigenvalue weighted by Gasteiger charge is -2.29. The van der Waals surface area contributed by atoms with Crippen molar-refractivity contribution in [1.29, 1.82) is 0 Å². The lowest BCUT2D eigenvalue weighted by atomic mass is 10.1. The van der Waals surface area contributed by atoms with E-state index in [1.807, 2.05) is 0 Å². The van der Waals surface area contributed by atoms with Gasteiger partial charge in [0.15, 0.2) is 5.69 Å². The average molecular weight is 441 g/mol. The number of aromatic nitrogens is 2. The fourth-order valence-electron chi connectivity index (χ4n) is 2.12. The maximum absolute atomic E-state index is 13.1. The SMILES string of the molecule is Cn1nc(C(F)(F)F)c(Br)c1C(=O)N1N=C(C(F)F)C[C@@]1(O)C(F)F. The van der Waals surface area contributed by atoms with Crippen molar-refractivity contribution < 1.29 is 40.6 Å². The van der Waals surface area contributed by atoms with E-state index in [0.717, 1.165) is 7.05 Å². The summed E-state index contributed by atoms with van der Waals surface area (Å²) in [6, 6.07) is 0. The Morgan fingerprint density at radius 2 is 1.88 bits per heavy atom. The van der Waals surface area contributed by atoms with Crippen LogP contribution in [-0.4, -0.2) is 50.1 Å². The number of hydrazone groups is 1. The standard InChI is InChI=1S/C11H8BrF7N4O2/c1-22-5(4(12)6(21-22)11(17,18)19)8(24)23-10(25,9(15)16)2-3(20-23)7(13)14/h7,9,25H,2H2,1H3/t10-/m1/s1. The quantitative estimate of drug-likeness (QED) is 0.734. The summed E-state index contributed by atoms with van der Waals surface area (Å²) in [5.74, 6) is -1.66. The molecule has 1 N–H and O–H groups in total. The molecular weight excluding hydrogens is 433 g/mol. The van der Waals surface area contributed by atoms with Crippen LogP contribution in [0.3, 0.4) is 0 Å². The number of hydrogen-bond donors (Lipinski definition) is 1. The molecule has 0 aliphatic carbocycles. The highest BCUT2D eigenvalue weighted by molar-refractivity contribution is 9.10. The summed E-state index contributed by atoms with van der Waals surface area (Å²) in [6.45, 7) is 0. The lowest BCUT2D eigenvalue weighted by molar-refractivity contribution is -0.164. The van der Waals surface area contributed by atoms with Crippen LogP contribution in [-0.2, 0) is 13.2 Å². The normalized spacial score (nSPS) is 21.4. The summed E-state index contributed by atoms with van der Waals surface area (Å²) in [5, 5.41) is 15.5. The summed E-state index contributed by atoms with van der Waals surface area (Å²) < 4.78 is 89.5. The molecule has 14 heteroatoms. The average Bonchev–Trinajstić information content (AvgIpc) is 2.97. The van der Waals surface area contributed by atoms with Gasteiger partial charge in [-0.1, -0.05) is 0 Å². The van der Waals surface area contributed by atoms with Gasteiger partial charge >= 0.3 is 6.18 Å². The zero-order chi connectivity index (χ0) is 19.3. The molecule has 2 rings (SSSR count). The van der Waals surface area contributed by atoms with E-state index in [1.54, 1.807) is 0 Å². The molecule has 0 saturated carbocycles. The van der Waals surface area contributed by atoms with E-state index < -0.39 is 58.7 Å². The molecule has 0 unspecified atom stereocenters. The fourth-order valence-corrected chi connectivity index (χ4v) is 2.85. The number of aryl methyl sites for hydroxylation is 1. The minimum absolute atomic E-state index is 0.346. The minimum Gasteiger partial charge on any atom is -0.364 e. The number of halogens is 8. The number of carbonyl (C=O) groups excluding carboxylic acids is 1. The lowest BCUT2D eigenvalue weighted by Crippen LogP contribution is -2.52. The monoisotopic (exact) mass is 440 g/mol. The highest BCUT2D eigenvalue weighted by Crippen LogP contribution is 2.39. The van der Waals surface area contributed by atoms with Crippen LogP contribution in [0, 0.1) is 0 Å². The van der Waals surface area contributed by atoms with Crippen molar-refractivity contribution in [3.8, 4) is 0 Å². The smallest absolute Gasteiger partial charge is 0.364 e. The number of carbonyl (C=O) groups is 1. The van der Waals surface area contributed by atoms with Gasteiger partial charge in [-0.05, 0) is 15.9 Å². The Morgan fingerprint density at radius 3 is 2.28 bits per heavy atom. The van der Waals surface area contributed by atoms with E-state index in [9.17, 15) is 40.6 Å². The third-order valence-corrected chi connectivity index (χ3v) is 4.04. The third-order valence-electron chi connectivity index (χ3n) is 3.29. The van der Waals surface area contributed by atoms with Crippen molar-refractivity contribution in [3.63, 3.8) is 0 Å². The first kappa shape index (κ1) is 19.6. The van der Waals surface area contributed by atoms with Crippen molar-refractivity contribution in [2.75, 3.05) is 0 Å². The van der Waals surface area contributed by atoms with Crippen LogP contribution in [0.1, 0.15) is 22.6 Å². The predicted octanol–water partition coefficient (Wildman–Crippen LogP) is 2.62. The first-order chi connectivity index (χ1) is 11.3. The van der Waals surface area contributed by atoms with Gasteiger partial charge in [-0.2, -0.15) is 28.4 Å². The molecule has 0 fully saturated rings. The van der Waals surface area contributed by atoms with Crippen LogP contribution in [0.2, 0.25) is 0 Å². The van der Waals surface area contributed by atoms with Gasteiger partial charge in [0.2, 0.25) is 5.72 Å². The maximum Gasteiger partial charge on any atom is 0.436 e. The number of amides is 1. The number of rotatable bonds is 3. The van der Waals surface area contributed by atoms with Crippen LogP contribution < -0.4 is 0 Å². The van der Waals surface area contributed by atoms with Crippen molar-refractivity contribution in [2.45, 2.75) is 31.2 Å². The topological polar surface area (TPSA) is 70.7 Å². The van der Waals surface area contributed by atoms with Crippen LogP contribution in [0.25, 0.3) is 0 Å². The van der Waals surface area contributed by atoms with Gasteiger partial charge in [-0.3, -0.25) is 9.48 Å². The second-order valence-corrected chi connectivity index (χ2v) is 5.79. The third kappa shape index (κ3) is 3.23. The van der Waals surface area contributed by atoms with Crippen LogP contribution in [0.4, 0.5) is 30.7 Å². The molecule has 1 aromatic heterocycles. The Morgan fingerprint density at radius 1 is 1.32 bits per heavy atom. The Hall–Kier alpha value is -1.70. The summed E-state index contributed by atoms with van der Waals surface area (Å²) in [4.78, 5) is 12.3. The van der Waals surface area contributed by atoms with Crippen molar-refractivity contribution in [2.24, 2.45) is 12.1 Å². The molecule has 0 bridgehead atoms.